The van der Waals surface area contributed by atoms with Crippen LogP contribution in [0.2, 0.25) is 5.02 Å². The van der Waals surface area contributed by atoms with Gasteiger partial charge in [-0.25, -0.2) is 4.98 Å². The summed E-state index contributed by atoms with van der Waals surface area (Å²) in [6, 6.07) is 5.33. The topological polar surface area (TPSA) is 72.2 Å². The first-order valence-corrected chi connectivity index (χ1v) is 9.19. The van der Waals surface area contributed by atoms with Gasteiger partial charge in [-0.3, -0.25) is 9.00 Å². The minimum atomic E-state index is -0.971. The van der Waals surface area contributed by atoms with Crippen molar-refractivity contribution in [3.8, 4) is 0 Å². The number of nitrogens with zero attached hydrogens (tertiary/aromatic N) is 2. The van der Waals surface area contributed by atoms with E-state index in [2.05, 4.69) is 4.98 Å². The number of rotatable bonds is 6. The Morgan fingerprint density at radius 1 is 1.57 bits per heavy atom. The summed E-state index contributed by atoms with van der Waals surface area (Å²) in [4.78, 5) is 15.2. The maximum atomic E-state index is 11.6. The largest absolute Gasteiger partial charge is 0.481 e. The van der Waals surface area contributed by atoms with E-state index in [9.17, 15) is 9.00 Å². The lowest BCUT2D eigenvalue weighted by molar-refractivity contribution is -0.133. The lowest BCUT2D eigenvalue weighted by Crippen LogP contribution is -2.18. The van der Waals surface area contributed by atoms with Gasteiger partial charge in [0.25, 0.3) is 0 Å². The van der Waals surface area contributed by atoms with Crippen LogP contribution in [0.3, 0.4) is 0 Å². The van der Waals surface area contributed by atoms with E-state index in [1.54, 1.807) is 24.5 Å². The highest BCUT2D eigenvalue weighted by molar-refractivity contribution is 7.99. The zero-order chi connectivity index (χ0) is 15.6. The predicted octanol–water partition coefficient (Wildman–Crippen LogP) is 2.63. The Hall–Kier alpha value is -1.05. The Morgan fingerprint density at radius 3 is 2.90 bits per heavy atom. The third kappa shape index (κ3) is 3.99. The van der Waals surface area contributed by atoms with E-state index in [-0.39, 0.29) is 11.0 Å². The summed E-state index contributed by atoms with van der Waals surface area (Å²) < 4.78 is 13.5. The van der Waals surface area contributed by atoms with E-state index in [1.165, 1.54) is 0 Å². The Labute approximate surface area is 134 Å². The summed E-state index contributed by atoms with van der Waals surface area (Å²) >= 11 is 7.18. The van der Waals surface area contributed by atoms with E-state index < -0.39 is 16.8 Å². The highest BCUT2D eigenvalue weighted by Gasteiger charge is 2.16. The van der Waals surface area contributed by atoms with Crippen LogP contribution in [0.15, 0.2) is 23.4 Å². The van der Waals surface area contributed by atoms with Gasteiger partial charge in [-0.2, -0.15) is 0 Å². The Balaban J connectivity index is 2.44. The molecule has 21 heavy (non-hydrogen) atoms. The molecule has 0 aliphatic heterocycles. The summed E-state index contributed by atoms with van der Waals surface area (Å²) in [5.41, 5.74) is 1.58. The van der Waals surface area contributed by atoms with E-state index >= 15 is 0 Å². The number of halogens is 1. The number of aliphatic carboxylic acids is 1. The summed E-state index contributed by atoms with van der Waals surface area (Å²) in [6.07, 6.45) is 1.65. The molecular weight excluding hydrogens is 332 g/mol. The van der Waals surface area contributed by atoms with Crippen molar-refractivity contribution in [2.24, 2.45) is 0 Å². The standard InChI is InChI=1S/C13H15ClN2O3S2/c1-8(21(2)19)6-16-11-5-9(14)3-4-10(11)15-13(16)20-7-12(17)18/h3-5,8H,6-7H2,1-2H3,(H,17,18). The molecule has 5 nitrogen and oxygen atoms in total. The molecule has 0 bridgehead atoms. The van der Waals surface area contributed by atoms with Crippen LogP contribution in [0, 0.1) is 0 Å². The van der Waals surface area contributed by atoms with E-state index in [4.69, 9.17) is 16.7 Å². The lowest BCUT2D eigenvalue weighted by atomic mass is 10.3. The number of carbonyl (C=O) groups is 1. The van der Waals surface area contributed by atoms with Crippen molar-refractivity contribution < 1.29 is 14.1 Å². The van der Waals surface area contributed by atoms with Gasteiger partial charge in [-0.05, 0) is 25.1 Å². The van der Waals surface area contributed by atoms with Gasteiger partial charge in [0.2, 0.25) is 0 Å². The number of carboxylic acids is 1. The number of fused-ring (bicyclic) bond motifs is 1. The zero-order valence-electron chi connectivity index (χ0n) is 11.6. The molecule has 0 fully saturated rings. The first-order chi connectivity index (χ1) is 9.88. The highest BCUT2D eigenvalue weighted by Crippen LogP contribution is 2.27. The van der Waals surface area contributed by atoms with E-state index in [0.29, 0.717) is 16.7 Å². The second-order valence-electron chi connectivity index (χ2n) is 4.63. The van der Waals surface area contributed by atoms with Gasteiger partial charge in [0.1, 0.15) is 0 Å². The normalized spacial score (nSPS) is 14.2. The van der Waals surface area contributed by atoms with Crippen LogP contribution in [0.25, 0.3) is 11.0 Å². The molecule has 1 N–H and O–H groups in total. The molecule has 2 aromatic rings. The summed E-state index contributed by atoms with van der Waals surface area (Å²) in [5.74, 6) is -0.968. The lowest BCUT2D eigenvalue weighted by Gasteiger charge is -2.13. The first-order valence-electron chi connectivity index (χ1n) is 6.21. The minimum absolute atomic E-state index is 0.0643. The minimum Gasteiger partial charge on any atom is -0.481 e. The van der Waals surface area contributed by atoms with Crippen LogP contribution in [0.1, 0.15) is 6.92 Å². The Bertz CT molecular complexity index is 702. The maximum absolute atomic E-state index is 11.6. The maximum Gasteiger partial charge on any atom is 0.313 e. The molecule has 0 saturated heterocycles. The molecule has 2 atom stereocenters. The monoisotopic (exact) mass is 346 g/mol. The number of imidazole rings is 1. The number of thioether (sulfide) groups is 1. The number of carboxylic acid groups (broad SMARTS) is 1. The summed E-state index contributed by atoms with van der Waals surface area (Å²) in [6.45, 7) is 2.39. The van der Waals surface area contributed by atoms with Gasteiger partial charge in [-0.15, -0.1) is 0 Å². The molecule has 2 rings (SSSR count). The van der Waals surface area contributed by atoms with Crippen molar-refractivity contribution in [2.45, 2.75) is 23.9 Å². The van der Waals surface area contributed by atoms with E-state index in [0.717, 1.165) is 22.8 Å². The van der Waals surface area contributed by atoms with Crippen LogP contribution in [0.5, 0.6) is 0 Å². The third-order valence-corrected chi connectivity index (χ3v) is 5.48. The quantitative estimate of drug-likeness (QED) is 0.814. The fourth-order valence-corrected chi connectivity index (χ4v) is 3.12. The molecule has 114 valence electrons. The van der Waals surface area contributed by atoms with Gasteiger partial charge in [0.15, 0.2) is 5.16 Å². The van der Waals surface area contributed by atoms with Crippen LogP contribution in [-0.4, -0.2) is 42.1 Å². The van der Waals surface area contributed by atoms with Crippen LogP contribution in [0.4, 0.5) is 0 Å². The van der Waals surface area contributed by atoms with Crippen molar-refractivity contribution in [2.75, 3.05) is 12.0 Å². The number of aromatic nitrogens is 2. The molecule has 1 aromatic heterocycles. The molecule has 0 aliphatic rings. The Kier molecular flexibility index (Phi) is 5.29. The van der Waals surface area contributed by atoms with Crippen molar-refractivity contribution >= 4 is 51.2 Å². The van der Waals surface area contributed by atoms with Crippen molar-refractivity contribution in [3.63, 3.8) is 0 Å². The van der Waals surface area contributed by atoms with Gasteiger partial charge >= 0.3 is 5.97 Å². The number of hydrogen-bond acceptors (Lipinski definition) is 4. The molecule has 0 saturated carbocycles. The number of benzene rings is 1. The second-order valence-corrected chi connectivity index (χ2v) is 7.81. The molecular formula is C13H15ClN2O3S2. The molecule has 1 heterocycles. The molecule has 8 heteroatoms. The summed E-state index contributed by atoms with van der Waals surface area (Å²) in [5, 5.41) is 9.95. The van der Waals surface area contributed by atoms with Crippen LogP contribution >= 0.6 is 23.4 Å². The van der Waals surface area contributed by atoms with Gasteiger partial charge in [0, 0.05) is 33.9 Å². The SMILES string of the molecule is CC(Cn1c(SCC(=O)O)nc2ccc(Cl)cc21)S(C)=O. The molecule has 0 aliphatic carbocycles. The van der Waals surface area contributed by atoms with Crippen molar-refractivity contribution in [1.82, 2.24) is 9.55 Å². The number of hydrogen-bond donors (Lipinski definition) is 1. The Morgan fingerprint density at radius 2 is 2.29 bits per heavy atom. The molecule has 2 unspecified atom stereocenters. The molecule has 0 spiro atoms. The molecule has 0 amide bonds. The smallest absolute Gasteiger partial charge is 0.313 e. The van der Waals surface area contributed by atoms with Crippen LogP contribution in [-0.2, 0) is 22.1 Å². The van der Waals surface area contributed by atoms with Crippen LogP contribution < -0.4 is 0 Å². The zero-order valence-corrected chi connectivity index (χ0v) is 14.0. The van der Waals surface area contributed by atoms with Gasteiger partial charge in [-0.1, -0.05) is 23.4 Å². The second kappa shape index (κ2) is 6.81. The molecule has 0 radical (unpaired) electrons. The average molecular weight is 347 g/mol. The predicted molar refractivity (Wildman–Crippen MR) is 86.6 cm³/mol. The fourth-order valence-electron chi connectivity index (χ4n) is 1.85. The van der Waals surface area contributed by atoms with Crippen molar-refractivity contribution in [1.29, 1.82) is 0 Å². The average Bonchev–Trinajstić information content (AvgIpc) is 2.74. The van der Waals surface area contributed by atoms with Crippen molar-refractivity contribution in [3.05, 3.63) is 23.2 Å². The fraction of sp³-hybridized carbons (Fsp3) is 0.385. The van der Waals surface area contributed by atoms with E-state index in [1.807, 2.05) is 11.5 Å². The third-order valence-electron chi connectivity index (χ3n) is 3.01. The van der Waals surface area contributed by atoms with Gasteiger partial charge < -0.3 is 9.67 Å². The summed E-state index contributed by atoms with van der Waals surface area (Å²) in [7, 11) is -0.971. The van der Waals surface area contributed by atoms with Gasteiger partial charge in [0.05, 0.1) is 16.8 Å². The first kappa shape index (κ1) is 16.3. The highest BCUT2D eigenvalue weighted by atomic mass is 35.5. The molecule has 1 aromatic carbocycles.